The first-order valence-corrected chi connectivity index (χ1v) is 7.03. The summed E-state index contributed by atoms with van der Waals surface area (Å²) in [7, 11) is 0. The van der Waals surface area contributed by atoms with E-state index < -0.39 is 0 Å². The van der Waals surface area contributed by atoms with Crippen molar-refractivity contribution < 1.29 is 9.32 Å². The highest BCUT2D eigenvalue weighted by Crippen LogP contribution is 2.17. The minimum absolute atomic E-state index is 0.0228. The molecule has 1 aromatic heterocycles. The third-order valence-electron chi connectivity index (χ3n) is 3.64. The Morgan fingerprint density at radius 2 is 2.21 bits per heavy atom. The summed E-state index contributed by atoms with van der Waals surface area (Å²) < 4.78 is 5.00. The number of aromatic nitrogens is 1. The summed E-state index contributed by atoms with van der Waals surface area (Å²) in [6.45, 7) is 8.81. The van der Waals surface area contributed by atoms with Gasteiger partial charge in [0, 0.05) is 18.7 Å². The standard InChI is InChI=1S/C14H23N3O2/c1-10(2)17(9-12-4-6-15-7-5-12)14(18)13-8-11(3)19-16-13/h8,10,12,15H,4-7,9H2,1-3H3. The van der Waals surface area contributed by atoms with E-state index in [0.29, 0.717) is 17.4 Å². The van der Waals surface area contributed by atoms with Crippen LogP contribution in [0.25, 0.3) is 0 Å². The molecule has 2 heterocycles. The third kappa shape index (κ3) is 3.56. The predicted molar refractivity (Wildman–Crippen MR) is 73.0 cm³/mol. The number of hydrogen-bond acceptors (Lipinski definition) is 4. The van der Waals surface area contributed by atoms with Gasteiger partial charge in [-0.25, -0.2) is 0 Å². The molecule has 19 heavy (non-hydrogen) atoms. The fourth-order valence-corrected chi connectivity index (χ4v) is 2.49. The minimum Gasteiger partial charge on any atom is -0.361 e. The normalized spacial score (nSPS) is 16.8. The second-order valence-corrected chi connectivity index (χ2v) is 5.57. The second kappa shape index (κ2) is 6.19. The molecule has 0 unspecified atom stereocenters. The van der Waals surface area contributed by atoms with Gasteiger partial charge in [0.05, 0.1) is 0 Å². The van der Waals surface area contributed by atoms with Crippen molar-refractivity contribution in [3.05, 3.63) is 17.5 Å². The minimum atomic E-state index is -0.0228. The molecule has 1 aromatic rings. The van der Waals surface area contributed by atoms with Gasteiger partial charge in [-0.15, -0.1) is 0 Å². The molecule has 1 aliphatic heterocycles. The van der Waals surface area contributed by atoms with Gasteiger partial charge < -0.3 is 14.7 Å². The molecule has 106 valence electrons. The number of rotatable bonds is 4. The van der Waals surface area contributed by atoms with Crippen LogP contribution in [0.1, 0.15) is 42.9 Å². The zero-order valence-corrected chi connectivity index (χ0v) is 12.0. The van der Waals surface area contributed by atoms with Gasteiger partial charge in [-0.05, 0) is 52.6 Å². The van der Waals surface area contributed by atoms with Crippen LogP contribution in [0.2, 0.25) is 0 Å². The first kappa shape index (κ1) is 14.1. The highest BCUT2D eigenvalue weighted by atomic mass is 16.5. The van der Waals surface area contributed by atoms with E-state index in [4.69, 9.17) is 4.52 Å². The molecule has 1 saturated heterocycles. The maximum absolute atomic E-state index is 12.5. The van der Waals surface area contributed by atoms with E-state index in [1.165, 1.54) is 0 Å². The Balaban J connectivity index is 2.04. The SMILES string of the molecule is Cc1cc(C(=O)N(CC2CCNCC2)C(C)C)no1. The number of amides is 1. The number of aryl methyl sites for hydroxylation is 1. The van der Waals surface area contributed by atoms with E-state index in [9.17, 15) is 4.79 Å². The van der Waals surface area contributed by atoms with Crippen LogP contribution in [0.15, 0.2) is 10.6 Å². The quantitative estimate of drug-likeness (QED) is 0.902. The Morgan fingerprint density at radius 1 is 1.53 bits per heavy atom. The summed E-state index contributed by atoms with van der Waals surface area (Å²) in [5, 5.41) is 7.18. The molecule has 0 atom stereocenters. The second-order valence-electron chi connectivity index (χ2n) is 5.57. The van der Waals surface area contributed by atoms with Gasteiger partial charge in [0.1, 0.15) is 5.76 Å². The molecule has 1 amide bonds. The lowest BCUT2D eigenvalue weighted by Gasteiger charge is -2.32. The average molecular weight is 265 g/mol. The predicted octanol–water partition coefficient (Wildman–Crippen LogP) is 1.83. The molecule has 1 fully saturated rings. The zero-order chi connectivity index (χ0) is 13.8. The Hall–Kier alpha value is -1.36. The molecule has 5 heteroatoms. The molecule has 1 aliphatic rings. The Labute approximate surface area is 114 Å². The average Bonchev–Trinajstić information content (AvgIpc) is 2.83. The molecule has 5 nitrogen and oxygen atoms in total. The summed E-state index contributed by atoms with van der Waals surface area (Å²) in [6, 6.07) is 1.89. The lowest BCUT2D eigenvalue weighted by Crippen LogP contribution is -2.43. The number of nitrogens with zero attached hydrogens (tertiary/aromatic N) is 2. The molecule has 0 saturated carbocycles. The van der Waals surface area contributed by atoms with Gasteiger partial charge in [-0.2, -0.15) is 0 Å². The molecule has 0 radical (unpaired) electrons. The van der Waals surface area contributed by atoms with Crippen LogP contribution in [-0.4, -0.2) is 41.6 Å². The van der Waals surface area contributed by atoms with Crippen LogP contribution in [-0.2, 0) is 0 Å². The van der Waals surface area contributed by atoms with E-state index in [1.54, 1.807) is 13.0 Å². The van der Waals surface area contributed by atoms with Gasteiger partial charge >= 0.3 is 0 Å². The molecule has 0 aliphatic carbocycles. The van der Waals surface area contributed by atoms with Crippen LogP contribution >= 0.6 is 0 Å². The summed E-state index contributed by atoms with van der Waals surface area (Å²) in [6.07, 6.45) is 2.27. The molecular weight excluding hydrogens is 242 g/mol. The van der Waals surface area contributed by atoms with E-state index in [1.807, 2.05) is 18.7 Å². The van der Waals surface area contributed by atoms with Crippen LogP contribution in [0.3, 0.4) is 0 Å². The molecule has 0 spiro atoms. The first-order valence-electron chi connectivity index (χ1n) is 7.03. The lowest BCUT2D eigenvalue weighted by molar-refractivity contribution is 0.0647. The van der Waals surface area contributed by atoms with Crippen molar-refractivity contribution in [2.24, 2.45) is 5.92 Å². The van der Waals surface area contributed by atoms with E-state index in [0.717, 1.165) is 32.5 Å². The highest BCUT2D eigenvalue weighted by Gasteiger charge is 2.25. The Morgan fingerprint density at radius 3 is 2.74 bits per heavy atom. The number of piperidine rings is 1. The van der Waals surface area contributed by atoms with Crippen molar-refractivity contribution in [1.29, 1.82) is 0 Å². The maximum Gasteiger partial charge on any atom is 0.276 e. The number of hydrogen-bond donors (Lipinski definition) is 1. The monoisotopic (exact) mass is 265 g/mol. The van der Waals surface area contributed by atoms with Gasteiger partial charge in [0.25, 0.3) is 5.91 Å². The van der Waals surface area contributed by atoms with Gasteiger partial charge in [0.15, 0.2) is 5.69 Å². The summed E-state index contributed by atoms with van der Waals surface area (Å²) >= 11 is 0. The lowest BCUT2D eigenvalue weighted by atomic mass is 9.97. The van der Waals surface area contributed by atoms with Crippen LogP contribution in [0.4, 0.5) is 0 Å². The van der Waals surface area contributed by atoms with Crippen molar-refractivity contribution in [2.75, 3.05) is 19.6 Å². The van der Waals surface area contributed by atoms with Crippen molar-refractivity contribution >= 4 is 5.91 Å². The number of nitrogens with one attached hydrogen (secondary N) is 1. The molecular formula is C14H23N3O2. The highest BCUT2D eigenvalue weighted by molar-refractivity contribution is 5.92. The number of carbonyl (C=O) groups is 1. The Bertz CT molecular complexity index is 422. The van der Waals surface area contributed by atoms with Gasteiger partial charge in [-0.3, -0.25) is 4.79 Å². The van der Waals surface area contributed by atoms with Gasteiger partial charge in [0.2, 0.25) is 0 Å². The number of carbonyl (C=O) groups excluding carboxylic acids is 1. The fraction of sp³-hybridized carbons (Fsp3) is 0.714. The first-order chi connectivity index (χ1) is 9.08. The molecule has 0 aromatic carbocycles. The zero-order valence-electron chi connectivity index (χ0n) is 12.0. The van der Waals surface area contributed by atoms with Gasteiger partial charge in [-0.1, -0.05) is 5.16 Å². The summed E-state index contributed by atoms with van der Waals surface area (Å²) in [5.41, 5.74) is 0.417. The Kier molecular flexibility index (Phi) is 4.58. The maximum atomic E-state index is 12.5. The van der Waals surface area contributed by atoms with Crippen molar-refractivity contribution in [3.63, 3.8) is 0 Å². The fourth-order valence-electron chi connectivity index (χ4n) is 2.49. The molecule has 2 rings (SSSR count). The molecule has 1 N–H and O–H groups in total. The van der Waals surface area contributed by atoms with Crippen LogP contribution in [0.5, 0.6) is 0 Å². The summed E-state index contributed by atoms with van der Waals surface area (Å²) in [4.78, 5) is 14.4. The third-order valence-corrected chi connectivity index (χ3v) is 3.64. The van der Waals surface area contributed by atoms with E-state index >= 15 is 0 Å². The summed E-state index contributed by atoms with van der Waals surface area (Å²) in [5.74, 6) is 1.24. The largest absolute Gasteiger partial charge is 0.361 e. The van der Waals surface area contributed by atoms with E-state index in [-0.39, 0.29) is 11.9 Å². The smallest absolute Gasteiger partial charge is 0.276 e. The van der Waals surface area contributed by atoms with E-state index in [2.05, 4.69) is 10.5 Å². The van der Waals surface area contributed by atoms with Crippen LogP contribution < -0.4 is 5.32 Å². The van der Waals surface area contributed by atoms with Crippen molar-refractivity contribution in [2.45, 2.75) is 39.7 Å². The van der Waals surface area contributed by atoms with Crippen LogP contribution in [0, 0.1) is 12.8 Å². The topological polar surface area (TPSA) is 58.4 Å². The van der Waals surface area contributed by atoms with Crippen molar-refractivity contribution in [1.82, 2.24) is 15.4 Å². The van der Waals surface area contributed by atoms with Crippen molar-refractivity contribution in [3.8, 4) is 0 Å². The molecule has 0 bridgehead atoms.